The SMILES string of the molecule is COc1c(C)cc(P([C]2[CH][CH][CH][C]2[C@@H](C)P(C(C)(C)C)C(C)(C)C)c2cc(C)c(OC)c(C)c2)cc1C.[CH]1[CH][CH][CH][CH]1.[Fe+2]. The molecule has 2 aromatic rings. The van der Waals surface area contributed by atoms with Gasteiger partial charge in [-0.3, -0.25) is 0 Å². The van der Waals surface area contributed by atoms with Gasteiger partial charge < -0.3 is 9.47 Å². The van der Waals surface area contributed by atoms with E-state index in [4.69, 9.17) is 9.47 Å². The summed E-state index contributed by atoms with van der Waals surface area (Å²) in [6, 6.07) is 9.41. The van der Waals surface area contributed by atoms with Gasteiger partial charge in [-0.25, -0.2) is 0 Å². The van der Waals surface area contributed by atoms with Gasteiger partial charge in [-0.1, -0.05) is 56.4 Å². The summed E-state index contributed by atoms with van der Waals surface area (Å²) in [4.78, 5) is 0. The van der Waals surface area contributed by atoms with E-state index >= 15 is 0 Å². The Labute approximate surface area is 279 Å². The molecule has 0 bridgehead atoms. The predicted octanol–water partition coefficient (Wildman–Crippen LogP) is 9.59. The van der Waals surface area contributed by atoms with Crippen molar-refractivity contribution in [3.8, 4) is 11.5 Å². The standard InChI is InChI=1S/C33H47O2P2.C5H5.Fe/c1-21-17-26(18-22(2)30(21)34-12)36(27-19-23(3)31(35-13)24(4)20-27)29-16-14-15-28(29)25(5)37(32(6,7)8)33(9,10)11;1-2-4-5-3-1;/h14-20,25H,1-13H3;1-5H;/q;;+2/t25-;;/m1../s1. The molecule has 0 saturated heterocycles. The molecule has 2 aromatic carbocycles. The van der Waals surface area contributed by atoms with E-state index in [0.717, 1.165) is 11.5 Å². The quantitative estimate of drug-likeness (QED) is 0.218. The molecule has 1 atom stereocenters. The largest absolute Gasteiger partial charge is 2.00 e. The van der Waals surface area contributed by atoms with Gasteiger partial charge in [0.15, 0.2) is 0 Å². The first-order chi connectivity index (χ1) is 19.6. The summed E-state index contributed by atoms with van der Waals surface area (Å²) in [5.74, 6) is 3.49. The molecule has 43 heavy (non-hydrogen) atoms. The van der Waals surface area contributed by atoms with Gasteiger partial charge in [0, 0.05) is 5.66 Å². The molecular weight excluding hydrogens is 606 g/mol. The maximum atomic E-state index is 5.74. The zero-order chi connectivity index (χ0) is 31.4. The van der Waals surface area contributed by atoms with Crippen LogP contribution < -0.4 is 20.1 Å². The molecule has 5 heteroatoms. The second-order valence-electron chi connectivity index (χ2n) is 13.3. The van der Waals surface area contributed by atoms with E-state index in [1.54, 1.807) is 14.2 Å². The van der Waals surface area contributed by atoms with Crippen LogP contribution in [0.2, 0.25) is 0 Å². The van der Waals surface area contributed by atoms with Gasteiger partial charge in [0.25, 0.3) is 0 Å². The summed E-state index contributed by atoms with van der Waals surface area (Å²) in [5.41, 5.74) is 6.75. The first kappa shape index (κ1) is 38.6. The van der Waals surface area contributed by atoms with Crippen LogP contribution in [-0.2, 0) is 17.1 Å². The Morgan fingerprint density at radius 2 is 0.930 bits per heavy atom. The summed E-state index contributed by atoms with van der Waals surface area (Å²) in [5, 5.41) is 3.27. The van der Waals surface area contributed by atoms with Gasteiger partial charge in [-0.2, -0.15) is 0 Å². The molecule has 2 saturated carbocycles. The van der Waals surface area contributed by atoms with Gasteiger partial charge in [0.1, 0.15) is 11.5 Å². The topological polar surface area (TPSA) is 18.5 Å². The molecule has 232 valence electrons. The molecule has 0 spiro atoms. The minimum atomic E-state index is -0.759. The summed E-state index contributed by atoms with van der Waals surface area (Å²) < 4.78 is 11.5. The fourth-order valence-corrected chi connectivity index (χ4v) is 14.6. The molecule has 2 nitrogen and oxygen atoms in total. The van der Waals surface area contributed by atoms with Crippen LogP contribution in [0.5, 0.6) is 11.5 Å². The zero-order valence-electron chi connectivity index (χ0n) is 28.6. The number of ether oxygens (including phenoxy) is 2. The Bertz CT molecular complexity index is 1050. The predicted molar refractivity (Wildman–Crippen MR) is 188 cm³/mol. The zero-order valence-corrected chi connectivity index (χ0v) is 31.5. The average Bonchev–Trinajstić information content (AvgIpc) is 3.58. The van der Waals surface area contributed by atoms with Crippen molar-refractivity contribution < 1.29 is 26.5 Å². The molecule has 4 rings (SSSR count). The van der Waals surface area contributed by atoms with Crippen LogP contribution in [0.25, 0.3) is 0 Å². The van der Waals surface area contributed by atoms with E-state index < -0.39 is 7.92 Å². The van der Waals surface area contributed by atoms with Crippen molar-refractivity contribution in [3.63, 3.8) is 0 Å². The normalized spacial score (nSPS) is 17.1. The van der Waals surface area contributed by atoms with Crippen LogP contribution >= 0.6 is 15.8 Å². The molecule has 10 radical (unpaired) electrons. The van der Waals surface area contributed by atoms with Crippen molar-refractivity contribution in [1.29, 1.82) is 0 Å². The van der Waals surface area contributed by atoms with Crippen molar-refractivity contribution in [3.05, 3.63) is 109 Å². The van der Waals surface area contributed by atoms with E-state index in [9.17, 15) is 0 Å². The third-order valence-electron chi connectivity index (χ3n) is 7.72. The Hall–Kier alpha value is -0.581. The van der Waals surface area contributed by atoms with Gasteiger partial charge in [0.2, 0.25) is 0 Å². The molecule has 0 aliphatic heterocycles. The minimum Gasteiger partial charge on any atom is -0.496 e. The minimum absolute atomic E-state index is 0. The van der Waals surface area contributed by atoms with E-state index in [-0.39, 0.29) is 35.3 Å². The molecule has 0 N–H and O–H groups in total. The van der Waals surface area contributed by atoms with E-state index in [1.807, 2.05) is 32.1 Å². The number of hydrogen-bond acceptors (Lipinski definition) is 2. The molecule has 0 aromatic heterocycles. The molecule has 0 unspecified atom stereocenters. The van der Waals surface area contributed by atoms with Gasteiger partial charge in [-0.05, 0) is 166 Å². The van der Waals surface area contributed by atoms with Crippen LogP contribution in [-0.4, -0.2) is 30.2 Å². The Morgan fingerprint density at radius 1 is 0.581 bits per heavy atom. The summed E-state index contributed by atoms with van der Waals surface area (Å²) in [6.45, 7) is 25.7. The second kappa shape index (κ2) is 16.3. The number of aryl methyl sites for hydroxylation is 4. The van der Waals surface area contributed by atoms with Crippen LogP contribution in [0, 0.1) is 90.6 Å². The monoisotopic (exact) mass is 658 g/mol. The third-order valence-corrected chi connectivity index (χ3v) is 14.1. The molecule has 0 amide bonds. The number of methoxy groups -OCH3 is 2. The number of rotatable bonds is 7. The van der Waals surface area contributed by atoms with E-state index in [2.05, 4.69) is 120 Å². The Balaban J connectivity index is 0.000000973. The van der Waals surface area contributed by atoms with Crippen molar-refractivity contribution in [2.45, 2.75) is 92.1 Å². The number of benzene rings is 2. The number of hydrogen-bond donors (Lipinski definition) is 0. The van der Waals surface area contributed by atoms with Crippen molar-refractivity contribution in [2.24, 2.45) is 0 Å². The summed E-state index contributed by atoms with van der Waals surface area (Å²) in [6.07, 6.45) is 17.1. The molecule has 0 heterocycles. The van der Waals surface area contributed by atoms with Gasteiger partial charge in [0.05, 0.1) is 14.2 Å². The maximum absolute atomic E-state index is 5.74. The van der Waals surface area contributed by atoms with Crippen molar-refractivity contribution >= 4 is 26.5 Å². The summed E-state index contributed by atoms with van der Waals surface area (Å²) >= 11 is 0. The Morgan fingerprint density at radius 3 is 1.23 bits per heavy atom. The van der Waals surface area contributed by atoms with Crippen molar-refractivity contribution in [1.82, 2.24) is 0 Å². The van der Waals surface area contributed by atoms with Crippen LogP contribution in [0.4, 0.5) is 0 Å². The molecule has 2 fully saturated rings. The molecule has 2 aliphatic carbocycles. The van der Waals surface area contributed by atoms with E-state index in [0.29, 0.717) is 5.66 Å². The van der Waals surface area contributed by atoms with Crippen LogP contribution in [0.15, 0.2) is 24.3 Å². The summed E-state index contributed by atoms with van der Waals surface area (Å²) in [7, 11) is 2.48. The van der Waals surface area contributed by atoms with Gasteiger partial charge >= 0.3 is 17.1 Å². The smallest absolute Gasteiger partial charge is 0.496 e. The first-order valence-electron chi connectivity index (χ1n) is 14.9. The van der Waals surface area contributed by atoms with Crippen LogP contribution in [0.1, 0.15) is 70.7 Å². The van der Waals surface area contributed by atoms with Gasteiger partial charge in [-0.15, -0.1) is 0 Å². The first-order valence-corrected chi connectivity index (χ1v) is 17.7. The third kappa shape index (κ3) is 9.47. The average molecular weight is 659 g/mol. The molecule has 2 aliphatic rings. The second-order valence-corrected chi connectivity index (χ2v) is 19.7. The van der Waals surface area contributed by atoms with Crippen molar-refractivity contribution in [2.75, 3.05) is 14.2 Å². The van der Waals surface area contributed by atoms with Crippen LogP contribution in [0.3, 0.4) is 0 Å². The molecular formula is C38H52FeO2P2+2. The fraction of sp³-hybridized carbons (Fsp3) is 0.421. The fourth-order valence-electron chi connectivity index (χ4n) is 6.79. The van der Waals surface area contributed by atoms with E-state index in [1.165, 1.54) is 44.4 Å². The Kier molecular flexibility index (Phi) is 14.6. The maximum Gasteiger partial charge on any atom is 2.00 e.